The highest BCUT2D eigenvalue weighted by atomic mass is 35.5. The van der Waals surface area contributed by atoms with Crippen LogP contribution in [0.15, 0.2) is 36.5 Å². The molecule has 2 amide bonds. The molecule has 0 spiro atoms. The topological polar surface area (TPSA) is 96.5 Å². The first-order chi connectivity index (χ1) is 15.4. The maximum atomic E-state index is 13.0. The van der Waals surface area contributed by atoms with Gasteiger partial charge >= 0.3 is 0 Å². The number of nitrogens with zero attached hydrogens (tertiary/aromatic N) is 3. The first-order valence-corrected chi connectivity index (χ1v) is 10.6. The number of anilines is 3. The zero-order valence-electron chi connectivity index (χ0n) is 16.9. The molecule has 2 aliphatic rings. The molecule has 8 nitrogen and oxygen atoms in total. The second-order valence-electron chi connectivity index (χ2n) is 7.39. The van der Waals surface area contributed by atoms with Crippen LogP contribution in [0.3, 0.4) is 0 Å². The molecule has 162 valence electrons. The summed E-state index contributed by atoms with van der Waals surface area (Å²) in [7, 11) is 0. The Kier molecular flexibility index (Phi) is 5.11. The van der Waals surface area contributed by atoms with Gasteiger partial charge in [-0.05, 0) is 42.7 Å². The molecule has 0 atom stereocenters. The first kappa shape index (κ1) is 20.5. The number of hydrogen-bond donors (Lipinski definition) is 2. The lowest BCUT2D eigenvalue weighted by Crippen LogP contribution is -2.39. The Morgan fingerprint density at radius 3 is 2.72 bits per heavy atom. The van der Waals surface area contributed by atoms with Gasteiger partial charge in [-0.2, -0.15) is 4.98 Å². The van der Waals surface area contributed by atoms with Crippen LogP contribution < -0.4 is 20.3 Å². The summed E-state index contributed by atoms with van der Waals surface area (Å²) < 4.78 is 5.72. The molecule has 0 saturated carbocycles. The van der Waals surface area contributed by atoms with Gasteiger partial charge in [0.1, 0.15) is 5.56 Å². The molecule has 2 aromatic carbocycles. The van der Waals surface area contributed by atoms with Crippen molar-refractivity contribution in [1.82, 2.24) is 15.3 Å². The number of aromatic nitrogens is 2. The van der Waals surface area contributed by atoms with Gasteiger partial charge in [0.2, 0.25) is 11.8 Å². The monoisotopic (exact) mass is 469 g/mol. The smallest absolute Gasteiger partial charge is 0.268 e. The lowest BCUT2D eigenvalue weighted by atomic mass is 9.95. The van der Waals surface area contributed by atoms with E-state index in [-0.39, 0.29) is 35.9 Å². The van der Waals surface area contributed by atoms with E-state index in [1.807, 2.05) is 19.1 Å². The SMILES string of the molecule is Cc1c(Nc2ncc3c(n2)OCN(c2c(Cl)cccc2Cl)C3=O)ccc2c1C(=O)NCC2. The number of halogens is 2. The van der Waals surface area contributed by atoms with Crippen molar-refractivity contribution in [3.05, 3.63) is 68.8 Å². The number of carbonyl (C=O) groups excluding carboxylic acids is 2. The van der Waals surface area contributed by atoms with E-state index in [1.165, 1.54) is 11.1 Å². The Labute approximate surface area is 193 Å². The van der Waals surface area contributed by atoms with Gasteiger partial charge in [0.05, 0.1) is 15.7 Å². The number of fused-ring (bicyclic) bond motifs is 2. The lowest BCUT2D eigenvalue weighted by Gasteiger charge is -2.29. The summed E-state index contributed by atoms with van der Waals surface area (Å²) in [5, 5.41) is 6.66. The molecule has 0 bridgehead atoms. The van der Waals surface area contributed by atoms with Crippen molar-refractivity contribution < 1.29 is 14.3 Å². The summed E-state index contributed by atoms with van der Waals surface area (Å²) in [6.45, 7) is 2.41. The van der Waals surface area contributed by atoms with E-state index in [4.69, 9.17) is 27.9 Å². The number of carbonyl (C=O) groups is 2. The lowest BCUT2D eigenvalue weighted by molar-refractivity contribution is 0.0928. The predicted molar refractivity (Wildman–Crippen MR) is 121 cm³/mol. The number of nitrogens with one attached hydrogen (secondary N) is 2. The third-order valence-electron chi connectivity index (χ3n) is 5.47. The Bertz CT molecular complexity index is 1260. The summed E-state index contributed by atoms with van der Waals surface area (Å²) in [5.41, 5.74) is 3.74. The van der Waals surface area contributed by atoms with E-state index in [0.717, 1.165) is 17.5 Å². The molecule has 0 aliphatic carbocycles. The summed E-state index contributed by atoms with van der Waals surface area (Å²) in [5.74, 6) is -0.0548. The van der Waals surface area contributed by atoms with Gasteiger partial charge < -0.3 is 15.4 Å². The van der Waals surface area contributed by atoms with Crippen molar-refractivity contribution in [3.8, 4) is 5.88 Å². The van der Waals surface area contributed by atoms with Crippen molar-refractivity contribution in [3.63, 3.8) is 0 Å². The highest BCUT2D eigenvalue weighted by Crippen LogP contribution is 2.37. The minimum atomic E-state index is -0.366. The van der Waals surface area contributed by atoms with E-state index in [0.29, 0.717) is 33.5 Å². The van der Waals surface area contributed by atoms with Crippen LogP contribution >= 0.6 is 23.2 Å². The van der Waals surface area contributed by atoms with Gasteiger partial charge in [0, 0.05) is 24.0 Å². The highest BCUT2D eigenvalue weighted by Gasteiger charge is 2.31. The van der Waals surface area contributed by atoms with Crippen LogP contribution in [-0.2, 0) is 6.42 Å². The molecule has 1 aromatic heterocycles. The summed E-state index contributed by atoms with van der Waals surface area (Å²) in [6, 6.07) is 8.81. The zero-order valence-corrected chi connectivity index (χ0v) is 18.4. The van der Waals surface area contributed by atoms with E-state index in [9.17, 15) is 9.59 Å². The molecule has 3 aromatic rings. The average Bonchev–Trinajstić information content (AvgIpc) is 2.77. The molecule has 0 saturated heterocycles. The number of benzene rings is 2. The van der Waals surface area contributed by atoms with Crippen molar-refractivity contribution in [1.29, 1.82) is 0 Å². The number of rotatable bonds is 3. The molecule has 3 heterocycles. The third-order valence-corrected chi connectivity index (χ3v) is 6.08. The Morgan fingerprint density at radius 1 is 1.16 bits per heavy atom. The van der Waals surface area contributed by atoms with Crippen molar-refractivity contribution in [2.75, 3.05) is 23.5 Å². The van der Waals surface area contributed by atoms with Gasteiger partial charge in [-0.1, -0.05) is 35.3 Å². The summed E-state index contributed by atoms with van der Waals surface area (Å²) in [6.07, 6.45) is 2.18. The Balaban J connectivity index is 1.43. The second-order valence-corrected chi connectivity index (χ2v) is 8.21. The highest BCUT2D eigenvalue weighted by molar-refractivity contribution is 6.40. The fraction of sp³-hybridized carbons (Fsp3) is 0.182. The Morgan fingerprint density at radius 2 is 1.94 bits per heavy atom. The molecule has 32 heavy (non-hydrogen) atoms. The maximum Gasteiger partial charge on any atom is 0.268 e. The molecule has 2 N–H and O–H groups in total. The van der Waals surface area contributed by atoms with Crippen LogP contribution in [-0.4, -0.2) is 35.1 Å². The average molecular weight is 470 g/mol. The molecule has 0 radical (unpaired) electrons. The summed E-state index contributed by atoms with van der Waals surface area (Å²) in [4.78, 5) is 35.3. The van der Waals surface area contributed by atoms with Crippen LogP contribution in [0.4, 0.5) is 17.3 Å². The van der Waals surface area contributed by atoms with E-state index >= 15 is 0 Å². The van der Waals surface area contributed by atoms with Crippen LogP contribution in [0.5, 0.6) is 5.88 Å². The third kappa shape index (κ3) is 3.41. The quantitative estimate of drug-likeness (QED) is 0.598. The van der Waals surface area contributed by atoms with Crippen LogP contribution in [0.1, 0.15) is 31.8 Å². The van der Waals surface area contributed by atoms with E-state index < -0.39 is 0 Å². The summed E-state index contributed by atoms with van der Waals surface area (Å²) >= 11 is 12.5. The standard InChI is InChI=1S/C22H17Cl2N5O3/c1-11-16(6-5-12-7-8-25-19(30)17(11)12)27-22-26-9-13-20(28-22)32-10-29(21(13)31)18-14(23)3-2-4-15(18)24/h2-6,9H,7-8,10H2,1H3,(H,25,30)(H,26,27,28). The fourth-order valence-electron chi connectivity index (χ4n) is 3.87. The van der Waals surface area contributed by atoms with Gasteiger partial charge in [-0.25, -0.2) is 4.98 Å². The van der Waals surface area contributed by atoms with Crippen LogP contribution in [0.2, 0.25) is 10.0 Å². The molecule has 2 aliphatic heterocycles. The number of hydrogen-bond acceptors (Lipinski definition) is 6. The molecule has 0 unspecified atom stereocenters. The van der Waals surface area contributed by atoms with Crippen molar-refractivity contribution in [2.45, 2.75) is 13.3 Å². The molecular weight excluding hydrogens is 453 g/mol. The first-order valence-electron chi connectivity index (χ1n) is 9.87. The normalized spacial score (nSPS) is 14.9. The second kappa shape index (κ2) is 7.96. The van der Waals surface area contributed by atoms with Crippen molar-refractivity contribution in [2.24, 2.45) is 0 Å². The fourth-order valence-corrected chi connectivity index (χ4v) is 4.47. The number of ether oxygens (including phenoxy) is 1. The van der Waals surface area contributed by atoms with E-state index in [1.54, 1.807) is 18.2 Å². The minimum Gasteiger partial charge on any atom is -0.455 e. The van der Waals surface area contributed by atoms with Crippen LogP contribution in [0, 0.1) is 6.92 Å². The Hall–Kier alpha value is -3.36. The van der Waals surface area contributed by atoms with Gasteiger partial charge in [-0.3, -0.25) is 14.5 Å². The molecular formula is C22H17Cl2N5O3. The van der Waals surface area contributed by atoms with Crippen LogP contribution in [0.25, 0.3) is 0 Å². The van der Waals surface area contributed by atoms with Gasteiger partial charge in [0.25, 0.3) is 11.8 Å². The van der Waals surface area contributed by atoms with Gasteiger partial charge in [0.15, 0.2) is 6.73 Å². The maximum absolute atomic E-state index is 13.0. The molecule has 0 fully saturated rings. The molecule has 10 heteroatoms. The molecule has 5 rings (SSSR count). The predicted octanol–water partition coefficient (Wildman–Crippen LogP) is 4.12. The minimum absolute atomic E-state index is 0.0917. The van der Waals surface area contributed by atoms with E-state index in [2.05, 4.69) is 20.6 Å². The number of amides is 2. The largest absolute Gasteiger partial charge is 0.455 e. The van der Waals surface area contributed by atoms with Gasteiger partial charge in [-0.15, -0.1) is 0 Å². The zero-order chi connectivity index (χ0) is 22.4. The van der Waals surface area contributed by atoms with Crippen molar-refractivity contribution >= 4 is 52.3 Å². The number of para-hydroxylation sites is 1.